The van der Waals surface area contributed by atoms with Crippen molar-refractivity contribution in [2.75, 3.05) is 11.4 Å². The molecular formula is C15H16N2O2. The molecule has 98 valence electrons. The molecule has 2 rings (SSSR count). The molecule has 0 radical (unpaired) electrons. The number of pyridine rings is 1. The number of hydrogen-bond donors (Lipinski definition) is 1. The lowest BCUT2D eigenvalue weighted by Gasteiger charge is -2.22. The van der Waals surface area contributed by atoms with Crippen molar-refractivity contribution in [1.29, 1.82) is 0 Å². The standard InChI is InChI=1S/C15H16N2O2/c1-3-17(12-7-4-6-11(2)10-12)14-9-5-8-13(16-14)15(18)19/h4-10H,3H2,1-2H3,(H,18,19). The van der Waals surface area contributed by atoms with Crippen LogP contribution in [-0.4, -0.2) is 22.6 Å². The van der Waals surface area contributed by atoms with E-state index in [1.807, 2.05) is 43.0 Å². The van der Waals surface area contributed by atoms with Crippen LogP contribution in [-0.2, 0) is 0 Å². The van der Waals surface area contributed by atoms with E-state index in [1.54, 1.807) is 6.07 Å². The van der Waals surface area contributed by atoms with Gasteiger partial charge in [0.15, 0.2) is 5.69 Å². The maximum absolute atomic E-state index is 11.0. The highest BCUT2D eigenvalue weighted by Gasteiger charge is 2.11. The summed E-state index contributed by atoms with van der Waals surface area (Å²) in [4.78, 5) is 17.1. The molecule has 0 fully saturated rings. The second-order valence-corrected chi connectivity index (χ2v) is 4.27. The Labute approximate surface area is 112 Å². The van der Waals surface area contributed by atoms with E-state index >= 15 is 0 Å². The number of aromatic nitrogens is 1. The van der Waals surface area contributed by atoms with E-state index in [4.69, 9.17) is 5.11 Å². The minimum absolute atomic E-state index is 0.0589. The van der Waals surface area contributed by atoms with Crippen molar-refractivity contribution in [3.05, 3.63) is 53.7 Å². The molecular weight excluding hydrogens is 240 g/mol. The molecule has 1 heterocycles. The first-order valence-corrected chi connectivity index (χ1v) is 6.16. The predicted molar refractivity (Wildman–Crippen MR) is 75.1 cm³/mol. The number of carboxylic acid groups (broad SMARTS) is 1. The van der Waals surface area contributed by atoms with Gasteiger partial charge in [-0.15, -0.1) is 0 Å². The number of carboxylic acids is 1. The fraction of sp³-hybridized carbons (Fsp3) is 0.200. The topological polar surface area (TPSA) is 53.4 Å². The molecule has 0 aliphatic rings. The van der Waals surface area contributed by atoms with Crippen molar-refractivity contribution >= 4 is 17.5 Å². The first-order chi connectivity index (χ1) is 9.11. The van der Waals surface area contributed by atoms with Crippen LogP contribution in [0, 0.1) is 6.92 Å². The molecule has 0 aliphatic heterocycles. The van der Waals surface area contributed by atoms with Gasteiger partial charge in [-0.2, -0.15) is 0 Å². The molecule has 1 aromatic heterocycles. The third-order valence-corrected chi connectivity index (χ3v) is 2.86. The van der Waals surface area contributed by atoms with Crippen molar-refractivity contribution in [3.8, 4) is 0 Å². The van der Waals surface area contributed by atoms with Gasteiger partial charge in [0.25, 0.3) is 0 Å². The average molecular weight is 256 g/mol. The summed E-state index contributed by atoms with van der Waals surface area (Å²) in [5.41, 5.74) is 2.23. The first kappa shape index (κ1) is 13.1. The lowest BCUT2D eigenvalue weighted by molar-refractivity contribution is 0.0690. The van der Waals surface area contributed by atoms with Gasteiger partial charge >= 0.3 is 5.97 Å². The van der Waals surface area contributed by atoms with Gasteiger partial charge in [-0.1, -0.05) is 18.2 Å². The second kappa shape index (κ2) is 5.52. The zero-order valence-corrected chi connectivity index (χ0v) is 11.0. The highest BCUT2D eigenvalue weighted by molar-refractivity contribution is 5.86. The van der Waals surface area contributed by atoms with Crippen LogP contribution in [0.25, 0.3) is 0 Å². The zero-order chi connectivity index (χ0) is 13.8. The Morgan fingerprint density at radius 1 is 1.26 bits per heavy atom. The molecule has 1 N–H and O–H groups in total. The van der Waals surface area contributed by atoms with Crippen molar-refractivity contribution in [3.63, 3.8) is 0 Å². The van der Waals surface area contributed by atoms with E-state index in [1.165, 1.54) is 6.07 Å². The van der Waals surface area contributed by atoms with E-state index in [9.17, 15) is 4.79 Å². The Kier molecular flexibility index (Phi) is 3.80. The minimum Gasteiger partial charge on any atom is -0.477 e. The van der Waals surface area contributed by atoms with Gasteiger partial charge in [-0.25, -0.2) is 9.78 Å². The van der Waals surface area contributed by atoms with Crippen LogP contribution in [0.15, 0.2) is 42.5 Å². The fourth-order valence-electron chi connectivity index (χ4n) is 1.97. The van der Waals surface area contributed by atoms with Crippen LogP contribution in [0.3, 0.4) is 0 Å². The van der Waals surface area contributed by atoms with Crippen LogP contribution in [0.2, 0.25) is 0 Å². The molecule has 1 aromatic carbocycles. The SMILES string of the molecule is CCN(c1cccc(C)c1)c1cccc(C(=O)O)n1. The quantitative estimate of drug-likeness (QED) is 0.912. The normalized spacial score (nSPS) is 10.2. The van der Waals surface area contributed by atoms with Gasteiger partial charge in [0.05, 0.1) is 0 Å². The second-order valence-electron chi connectivity index (χ2n) is 4.27. The number of aromatic carboxylic acids is 1. The Balaban J connectivity index is 2.42. The Bertz CT molecular complexity index is 596. The molecule has 0 unspecified atom stereocenters. The largest absolute Gasteiger partial charge is 0.477 e. The average Bonchev–Trinajstić information content (AvgIpc) is 2.40. The van der Waals surface area contributed by atoms with Crippen LogP contribution in [0.4, 0.5) is 11.5 Å². The summed E-state index contributed by atoms with van der Waals surface area (Å²) in [6.07, 6.45) is 0. The summed E-state index contributed by atoms with van der Waals surface area (Å²) in [6.45, 7) is 4.76. The highest BCUT2D eigenvalue weighted by atomic mass is 16.4. The van der Waals surface area contributed by atoms with Crippen molar-refractivity contribution in [2.24, 2.45) is 0 Å². The van der Waals surface area contributed by atoms with Gasteiger partial charge in [-0.3, -0.25) is 0 Å². The van der Waals surface area contributed by atoms with Gasteiger partial charge in [0.1, 0.15) is 5.82 Å². The van der Waals surface area contributed by atoms with Gasteiger partial charge in [0, 0.05) is 12.2 Å². The van der Waals surface area contributed by atoms with Gasteiger partial charge < -0.3 is 10.0 Å². The monoisotopic (exact) mass is 256 g/mol. The van der Waals surface area contributed by atoms with Gasteiger partial charge in [0.2, 0.25) is 0 Å². The molecule has 4 nitrogen and oxygen atoms in total. The summed E-state index contributed by atoms with van der Waals surface area (Å²) in [6, 6.07) is 13.1. The number of aryl methyl sites for hydroxylation is 1. The maximum Gasteiger partial charge on any atom is 0.354 e. The number of benzene rings is 1. The number of nitrogens with zero attached hydrogens (tertiary/aromatic N) is 2. The molecule has 0 atom stereocenters. The summed E-state index contributed by atoms with van der Waals surface area (Å²) < 4.78 is 0. The molecule has 0 saturated heterocycles. The minimum atomic E-state index is -1.01. The summed E-state index contributed by atoms with van der Waals surface area (Å²) >= 11 is 0. The van der Waals surface area contributed by atoms with Crippen molar-refractivity contribution < 1.29 is 9.90 Å². The summed E-state index contributed by atoms with van der Waals surface area (Å²) in [7, 11) is 0. The van der Waals surface area contributed by atoms with Crippen LogP contribution < -0.4 is 4.90 Å². The Hall–Kier alpha value is -2.36. The van der Waals surface area contributed by atoms with Gasteiger partial charge in [-0.05, 0) is 43.7 Å². The lowest BCUT2D eigenvalue weighted by atomic mass is 10.2. The molecule has 0 amide bonds. The number of carbonyl (C=O) groups is 1. The van der Waals surface area contributed by atoms with E-state index < -0.39 is 5.97 Å². The van der Waals surface area contributed by atoms with E-state index in [0.29, 0.717) is 5.82 Å². The van der Waals surface area contributed by atoms with E-state index in [-0.39, 0.29) is 5.69 Å². The van der Waals surface area contributed by atoms with Crippen LogP contribution in [0.5, 0.6) is 0 Å². The molecule has 4 heteroatoms. The van der Waals surface area contributed by atoms with Crippen molar-refractivity contribution in [2.45, 2.75) is 13.8 Å². The molecule has 19 heavy (non-hydrogen) atoms. The highest BCUT2D eigenvalue weighted by Crippen LogP contribution is 2.24. The fourth-order valence-corrected chi connectivity index (χ4v) is 1.97. The Morgan fingerprint density at radius 3 is 2.63 bits per heavy atom. The number of anilines is 2. The first-order valence-electron chi connectivity index (χ1n) is 6.16. The summed E-state index contributed by atoms with van der Waals surface area (Å²) in [5.74, 6) is -0.366. The molecule has 0 bridgehead atoms. The van der Waals surface area contributed by atoms with E-state index in [2.05, 4.69) is 11.1 Å². The zero-order valence-electron chi connectivity index (χ0n) is 11.0. The smallest absolute Gasteiger partial charge is 0.354 e. The molecule has 2 aromatic rings. The molecule has 0 saturated carbocycles. The van der Waals surface area contributed by atoms with Crippen LogP contribution >= 0.6 is 0 Å². The molecule has 0 aliphatic carbocycles. The maximum atomic E-state index is 11.0. The van der Waals surface area contributed by atoms with Crippen LogP contribution in [0.1, 0.15) is 23.0 Å². The van der Waals surface area contributed by atoms with Crippen molar-refractivity contribution in [1.82, 2.24) is 4.98 Å². The Morgan fingerprint density at radius 2 is 2.00 bits per heavy atom. The lowest BCUT2D eigenvalue weighted by Crippen LogP contribution is -2.18. The summed E-state index contributed by atoms with van der Waals surface area (Å²) in [5, 5.41) is 9.00. The predicted octanol–water partition coefficient (Wildman–Crippen LogP) is 3.25. The third-order valence-electron chi connectivity index (χ3n) is 2.86. The third kappa shape index (κ3) is 2.91. The molecule has 0 spiro atoms. The number of hydrogen-bond acceptors (Lipinski definition) is 3. The van der Waals surface area contributed by atoms with E-state index in [0.717, 1.165) is 17.8 Å². The number of rotatable bonds is 4.